The highest BCUT2D eigenvalue weighted by Gasteiger charge is 2.34. The van der Waals surface area contributed by atoms with Crippen molar-refractivity contribution in [2.75, 3.05) is 42.6 Å². The molecule has 0 unspecified atom stereocenters. The number of benzene rings is 2. The maximum atomic E-state index is 13.3. The van der Waals surface area contributed by atoms with Crippen molar-refractivity contribution in [3.8, 4) is 6.07 Å². The molecule has 2 aromatic rings. The lowest BCUT2D eigenvalue weighted by molar-refractivity contribution is -0.137. The molecule has 0 bridgehead atoms. The summed E-state index contributed by atoms with van der Waals surface area (Å²) in [4.78, 5) is 4.35. The van der Waals surface area contributed by atoms with Crippen molar-refractivity contribution in [3.63, 3.8) is 0 Å². The number of alkyl halides is 3. The summed E-state index contributed by atoms with van der Waals surface area (Å²) < 4.78 is 39.9. The molecule has 2 aliphatic rings. The fraction of sp³-hybridized carbons (Fsp3) is 0.480. The summed E-state index contributed by atoms with van der Waals surface area (Å²) in [6, 6.07) is 14.3. The smallest absolute Gasteiger partial charge is 0.396 e. The van der Waals surface area contributed by atoms with E-state index in [4.69, 9.17) is 10.4 Å². The summed E-state index contributed by atoms with van der Waals surface area (Å²) in [6.45, 7) is 3.63. The van der Waals surface area contributed by atoms with Crippen LogP contribution in [0.1, 0.15) is 48.3 Å². The van der Waals surface area contributed by atoms with E-state index in [1.165, 1.54) is 17.3 Å². The molecule has 2 aliphatic heterocycles. The topological polar surface area (TPSA) is 50.5 Å². The zero-order valence-corrected chi connectivity index (χ0v) is 18.0. The standard InChI is InChI=1S/C25H28F3N3O/c26-25(27,28)24-15-23(6-3-21(24)16-29)30-12-8-20(9-13-30)19-1-4-22(5-2-19)31-11-7-18(17-31)10-14-32/h1-6,15,18,20,32H,7-14,17H2/t18-/m1/s1. The molecule has 0 spiro atoms. The van der Waals surface area contributed by atoms with Crippen LogP contribution in [0.2, 0.25) is 0 Å². The van der Waals surface area contributed by atoms with Gasteiger partial charge in [-0.05, 0) is 73.4 Å². The van der Waals surface area contributed by atoms with E-state index >= 15 is 0 Å². The van der Waals surface area contributed by atoms with Gasteiger partial charge < -0.3 is 14.9 Å². The molecular weight excluding hydrogens is 415 g/mol. The van der Waals surface area contributed by atoms with Crippen LogP contribution in [0.25, 0.3) is 0 Å². The molecule has 32 heavy (non-hydrogen) atoms. The van der Waals surface area contributed by atoms with E-state index in [9.17, 15) is 13.2 Å². The number of hydrogen-bond donors (Lipinski definition) is 1. The third kappa shape index (κ3) is 4.86. The first-order valence-electron chi connectivity index (χ1n) is 11.2. The van der Waals surface area contributed by atoms with Gasteiger partial charge in [0.25, 0.3) is 0 Å². The molecule has 0 aliphatic carbocycles. The Kier molecular flexibility index (Phi) is 6.61. The summed E-state index contributed by atoms with van der Waals surface area (Å²) >= 11 is 0. The molecule has 2 fully saturated rings. The number of anilines is 2. The van der Waals surface area contributed by atoms with Crippen molar-refractivity contribution in [3.05, 3.63) is 59.2 Å². The van der Waals surface area contributed by atoms with E-state index < -0.39 is 11.7 Å². The minimum atomic E-state index is -4.53. The average molecular weight is 444 g/mol. The van der Waals surface area contributed by atoms with Gasteiger partial charge in [0.05, 0.1) is 17.2 Å². The minimum absolute atomic E-state index is 0.246. The number of halogens is 3. The zero-order chi connectivity index (χ0) is 22.7. The maximum Gasteiger partial charge on any atom is 0.417 e. The molecular formula is C25H28F3N3O. The predicted molar refractivity (Wildman–Crippen MR) is 119 cm³/mol. The Hall–Kier alpha value is -2.72. The Balaban J connectivity index is 1.38. The van der Waals surface area contributed by atoms with Gasteiger partial charge in [0.15, 0.2) is 0 Å². The Labute approximate surface area is 186 Å². The summed E-state index contributed by atoms with van der Waals surface area (Å²) in [5.74, 6) is 0.950. The number of piperidine rings is 1. The van der Waals surface area contributed by atoms with E-state index in [-0.39, 0.29) is 12.2 Å². The number of nitrogens with zero attached hydrogens (tertiary/aromatic N) is 3. The molecule has 4 nitrogen and oxygen atoms in total. The fourth-order valence-corrected chi connectivity index (χ4v) is 4.97. The average Bonchev–Trinajstić information content (AvgIpc) is 3.27. The van der Waals surface area contributed by atoms with Crippen molar-refractivity contribution in [2.24, 2.45) is 5.92 Å². The first-order chi connectivity index (χ1) is 15.4. The van der Waals surface area contributed by atoms with Gasteiger partial charge in [0.1, 0.15) is 0 Å². The molecule has 4 rings (SSSR count). The SMILES string of the molecule is N#Cc1ccc(N2CCC(c3ccc(N4CC[C@H](CCO)C4)cc3)CC2)cc1C(F)(F)F. The van der Waals surface area contributed by atoms with Crippen molar-refractivity contribution in [1.82, 2.24) is 0 Å². The van der Waals surface area contributed by atoms with Gasteiger partial charge in [-0.2, -0.15) is 18.4 Å². The van der Waals surface area contributed by atoms with Crippen LogP contribution in [0.3, 0.4) is 0 Å². The third-order valence-corrected chi connectivity index (χ3v) is 6.84. The summed E-state index contributed by atoms with van der Waals surface area (Å²) in [5.41, 5.74) is 1.81. The van der Waals surface area contributed by atoms with Crippen LogP contribution in [0, 0.1) is 17.2 Å². The normalized spacial score (nSPS) is 19.9. The number of rotatable bonds is 5. The molecule has 7 heteroatoms. The third-order valence-electron chi connectivity index (χ3n) is 6.84. The van der Waals surface area contributed by atoms with E-state index in [2.05, 4.69) is 29.2 Å². The van der Waals surface area contributed by atoms with Gasteiger partial charge in [0, 0.05) is 44.2 Å². The maximum absolute atomic E-state index is 13.3. The number of hydrogen-bond acceptors (Lipinski definition) is 4. The van der Waals surface area contributed by atoms with Crippen LogP contribution >= 0.6 is 0 Å². The molecule has 1 atom stereocenters. The van der Waals surface area contributed by atoms with Gasteiger partial charge in [0.2, 0.25) is 0 Å². The van der Waals surface area contributed by atoms with Gasteiger partial charge >= 0.3 is 6.18 Å². The Morgan fingerprint density at radius 3 is 2.22 bits per heavy atom. The quantitative estimate of drug-likeness (QED) is 0.693. The summed E-state index contributed by atoms with van der Waals surface area (Å²) in [5, 5.41) is 18.1. The van der Waals surface area contributed by atoms with Crippen molar-refractivity contribution >= 4 is 11.4 Å². The highest BCUT2D eigenvalue weighted by molar-refractivity contribution is 5.55. The van der Waals surface area contributed by atoms with E-state index in [0.29, 0.717) is 30.6 Å². The fourth-order valence-electron chi connectivity index (χ4n) is 4.97. The summed E-state index contributed by atoms with van der Waals surface area (Å²) in [7, 11) is 0. The van der Waals surface area contributed by atoms with Crippen LogP contribution in [0.4, 0.5) is 24.5 Å². The van der Waals surface area contributed by atoms with Crippen LogP contribution < -0.4 is 9.80 Å². The van der Waals surface area contributed by atoms with Crippen molar-refractivity contribution in [1.29, 1.82) is 5.26 Å². The molecule has 1 N–H and O–H groups in total. The van der Waals surface area contributed by atoms with Gasteiger partial charge in [-0.3, -0.25) is 0 Å². The van der Waals surface area contributed by atoms with Crippen LogP contribution in [0.15, 0.2) is 42.5 Å². The van der Waals surface area contributed by atoms with Gasteiger partial charge in [-0.15, -0.1) is 0 Å². The van der Waals surface area contributed by atoms with Crippen LogP contribution in [0.5, 0.6) is 0 Å². The second-order valence-corrected chi connectivity index (χ2v) is 8.81. The molecule has 0 aromatic heterocycles. The van der Waals surface area contributed by atoms with Crippen LogP contribution in [-0.4, -0.2) is 37.9 Å². The second-order valence-electron chi connectivity index (χ2n) is 8.81. The van der Waals surface area contributed by atoms with Gasteiger partial charge in [-0.25, -0.2) is 0 Å². The molecule has 0 amide bonds. The lowest BCUT2D eigenvalue weighted by Gasteiger charge is -2.34. The lowest BCUT2D eigenvalue weighted by atomic mass is 9.89. The molecule has 170 valence electrons. The number of aliphatic hydroxyl groups is 1. The largest absolute Gasteiger partial charge is 0.417 e. The minimum Gasteiger partial charge on any atom is -0.396 e. The Morgan fingerprint density at radius 2 is 1.59 bits per heavy atom. The highest BCUT2D eigenvalue weighted by atomic mass is 19.4. The van der Waals surface area contributed by atoms with E-state index in [1.54, 1.807) is 12.1 Å². The molecule has 2 heterocycles. The molecule has 0 saturated carbocycles. The highest BCUT2D eigenvalue weighted by Crippen LogP contribution is 2.37. The lowest BCUT2D eigenvalue weighted by Crippen LogP contribution is -2.33. The van der Waals surface area contributed by atoms with Crippen molar-refractivity contribution in [2.45, 2.75) is 37.8 Å². The molecule has 0 radical (unpaired) electrons. The zero-order valence-electron chi connectivity index (χ0n) is 18.0. The number of nitriles is 1. The monoisotopic (exact) mass is 443 g/mol. The first kappa shape index (κ1) is 22.5. The molecule has 2 saturated heterocycles. The van der Waals surface area contributed by atoms with E-state index in [1.807, 2.05) is 4.90 Å². The van der Waals surface area contributed by atoms with E-state index in [0.717, 1.165) is 44.8 Å². The second kappa shape index (κ2) is 9.41. The molecule has 2 aromatic carbocycles. The Bertz CT molecular complexity index is 960. The Morgan fingerprint density at radius 1 is 0.938 bits per heavy atom. The predicted octanol–water partition coefficient (Wildman–Crippen LogP) is 5.17. The van der Waals surface area contributed by atoms with Gasteiger partial charge in [-0.1, -0.05) is 12.1 Å². The summed E-state index contributed by atoms with van der Waals surface area (Å²) in [6.07, 6.45) is -0.802. The van der Waals surface area contributed by atoms with Crippen molar-refractivity contribution < 1.29 is 18.3 Å². The number of aliphatic hydroxyl groups excluding tert-OH is 1. The first-order valence-corrected chi connectivity index (χ1v) is 11.2. The van der Waals surface area contributed by atoms with Crippen LogP contribution in [-0.2, 0) is 6.18 Å².